The minimum Gasteiger partial charge on any atom is -0.497 e. The Hall–Kier alpha value is -2.30. The Balaban J connectivity index is 1.91. The van der Waals surface area contributed by atoms with E-state index in [1.54, 1.807) is 43.8 Å². The number of imidazole rings is 1. The maximum atomic E-state index is 11.6. The van der Waals surface area contributed by atoms with Crippen LogP contribution in [0.2, 0.25) is 0 Å². The first-order chi connectivity index (χ1) is 8.29. The second-order valence-corrected chi connectivity index (χ2v) is 3.33. The fourth-order valence-electron chi connectivity index (χ4n) is 1.30. The molecule has 1 aromatic carbocycles. The number of ether oxygens (including phenoxy) is 2. The number of hydrogen-bond donors (Lipinski definition) is 0. The Bertz CT molecular complexity index is 477. The summed E-state index contributed by atoms with van der Waals surface area (Å²) in [5.41, 5.74) is 0. The van der Waals surface area contributed by atoms with Crippen LogP contribution in [0.15, 0.2) is 43.0 Å². The van der Waals surface area contributed by atoms with E-state index in [1.807, 2.05) is 0 Å². The average molecular weight is 232 g/mol. The molecule has 0 aliphatic rings. The molecule has 0 unspecified atom stereocenters. The molecule has 0 saturated heterocycles. The lowest BCUT2D eigenvalue weighted by molar-refractivity contribution is 0.0837. The molecular weight excluding hydrogens is 220 g/mol. The number of carbonyl (C=O) groups is 1. The molecule has 1 heterocycles. The fraction of sp³-hybridized carbons (Fsp3) is 0.167. The molecule has 0 fully saturated rings. The minimum absolute atomic E-state index is 0.0251. The summed E-state index contributed by atoms with van der Waals surface area (Å²) in [6.45, 7) is -0.0251. The summed E-state index contributed by atoms with van der Waals surface area (Å²) < 4.78 is 11.7. The summed E-state index contributed by atoms with van der Waals surface area (Å²) in [5, 5.41) is 0. The van der Waals surface area contributed by atoms with E-state index in [4.69, 9.17) is 9.47 Å². The zero-order valence-electron chi connectivity index (χ0n) is 9.37. The molecule has 17 heavy (non-hydrogen) atoms. The fourth-order valence-corrected chi connectivity index (χ4v) is 1.30. The lowest BCUT2D eigenvalue weighted by Crippen LogP contribution is -2.17. The molecule has 0 N–H and O–H groups in total. The lowest BCUT2D eigenvalue weighted by atomic mass is 10.3. The molecule has 5 heteroatoms. The molecule has 88 valence electrons. The zero-order valence-corrected chi connectivity index (χ0v) is 9.37. The normalized spacial score (nSPS) is 9.94. The van der Waals surface area contributed by atoms with Crippen LogP contribution in [0.4, 0.5) is 0 Å². The summed E-state index contributed by atoms with van der Waals surface area (Å²) in [7, 11) is 1.60. The Morgan fingerprint density at radius 1 is 1.29 bits per heavy atom. The number of nitrogens with zero attached hydrogens (tertiary/aromatic N) is 2. The lowest BCUT2D eigenvalue weighted by Gasteiger charge is -2.06. The highest BCUT2D eigenvalue weighted by molar-refractivity contribution is 5.80. The van der Waals surface area contributed by atoms with Crippen LogP contribution in [0.25, 0.3) is 0 Å². The first-order valence-corrected chi connectivity index (χ1v) is 5.07. The number of hydrogen-bond acceptors (Lipinski definition) is 4. The largest absolute Gasteiger partial charge is 0.497 e. The van der Waals surface area contributed by atoms with E-state index in [1.165, 1.54) is 10.9 Å². The van der Waals surface area contributed by atoms with Gasteiger partial charge in [-0.1, -0.05) is 0 Å². The number of carbonyl (C=O) groups excluding carboxylic acids is 1. The van der Waals surface area contributed by atoms with Crippen LogP contribution < -0.4 is 9.47 Å². The number of aromatic nitrogens is 2. The monoisotopic (exact) mass is 232 g/mol. The number of benzene rings is 1. The molecule has 0 aliphatic heterocycles. The van der Waals surface area contributed by atoms with Gasteiger partial charge in [-0.25, -0.2) is 4.98 Å². The van der Waals surface area contributed by atoms with Crippen LogP contribution in [-0.4, -0.2) is 29.2 Å². The zero-order chi connectivity index (χ0) is 12.1. The van der Waals surface area contributed by atoms with Gasteiger partial charge in [0, 0.05) is 12.4 Å². The average Bonchev–Trinajstić information content (AvgIpc) is 2.90. The first-order valence-electron chi connectivity index (χ1n) is 5.07. The van der Waals surface area contributed by atoms with E-state index < -0.39 is 0 Å². The summed E-state index contributed by atoms with van der Waals surface area (Å²) in [6.07, 6.45) is 4.57. The molecule has 5 nitrogen and oxygen atoms in total. The van der Waals surface area contributed by atoms with Crippen LogP contribution in [0.1, 0.15) is 4.79 Å². The van der Waals surface area contributed by atoms with Gasteiger partial charge >= 0.3 is 0 Å². The highest BCUT2D eigenvalue weighted by Crippen LogP contribution is 2.16. The molecule has 0 saturated carbocycles. The van der Waals surface area contributed by atoms with Crippen molar-refractivity contribution in [2.45, 2.75) is 0 Å². The Kier molecular flexibility index (Phi) is 3.40. The van der Waals surface area contributed by atoms with Crippen LogP contribution in [0.3, 0.4) is 0 Å². The standard InChI is InChI=1S/C12H12N2O3/c1-16-10-2-4-11(5-3-10)17-8-12(15)14-7-6-13-9-14/h2-7,9H,8H2,1H3. The SMILES string of the molecule is COc1ccc(OCC(=O)n2ccnc2)cc1. The van der Waals surface area contributed by atoms with Crippen molar-refractivity contribution in [3.8, 4) is 11.5 Å². The van der Waals surface area contributed by atoms with E-state index in [9.17, 15) is 4.79 Å². The maximum absolute atomic E-state index is 11.6. The van der Waals surface area contributed by atoms with Crippen LogP contribution >= 0.6 is 0 Å². The first kappa shape index (κ1) is 11.2. The van der Waals surface area contributed by atoms with Gasteiger partial charge in [-0.3, -0.25) is 9.36 Å². The predicted octanol–water partition coefficient (Wildman–Crippen LogP) is 1.61. The third-order valence-corrected chi connectivity index (χ3v) is 2.21. The van der Waals surface area contributed by atoms with Gasteiger partial charge in [0.05, 0.1) is 7.11 Å². The van der Waals surface area contributed by atoms with Gasteiger partial charge in [-0.2, -0.15) is 0 Å². The summed E-state index contributed by atoms with van der Waals surface area (Å²) >= 11 is 0. The van der Waals surface area contributed by atoms with Crippen molar-refractivity contribution in [1.29, 1.82) is 0 Å². The molecule has 0 spiro atoms. The molecular formula is C12H12N2O3. The van der Waals surface area contributed by atoms with Gasteiger partial charge in [0.1, 0.15) is 17.8 Å². The van der Waals surface area contributed by atoms with Crippen LogP contribution in [0.5, 0.6) is 11.5 Å². The van der Waals surface area contributed by atoms with E-state index in [0.29, 0.717) is 5.75 Å². The van der Waals surface area contributed by atoms with Crippen molar-refractivity contribution in [3.63, 3.8) is 0 Å². The van der Waals surface area contributed by atoms with Crippen molar-refractivity contribution in [2.24, 2.45) is 0 Å². The van der Waals surface area contributed by atoms with Gasteiger partial charge in [-0.05, 0) is 24.3 Å². The summed E-state index contributed by atoms with van der Waals surface area (Å²) in [5.74, 6) is 1.20. The van der Waals surface area contributed by atoms with E-state index >= 15 is 0 Å². The third-order valence-electron chi connectivity index (χ3n) is 2.21. The highest BCUT2D eigenvalue weighted by Gasteiger charge is 2.04. The second kappa shape index (κ2) is 5.16. The smallest absolute Gasteiger partial charge is 0.269 e. The van der Waals surface area contributed by atoms with Crippen LogP contribution in [0, 0.1) is 0 Å². The van der Waals surface area contributed by atoms with Gasteiger partial charge in [-0.15, -0.1) is 0 Å². The van der Waals surface area contributed by atoms with Gasteiger partial charge in [0.25, 0.3) is 5.91 Å². The molecule has 0 atom stereocenters. The molecule has 0 aliphatic carbocycles. The third kappa shape index (κ3) is 2.84. The van der Waals surface area contributed by atoms with Gasteiger partial charge in [0.2, 0.25) is 0 Å². The van der Waals surface area contributed by atoms with Crippen molar-refractivity contribution in [2.75, 3.05) is 13.7 Å². The Morgan fingerprint density at radius 2 is 2.00 bits per heavy atom. The van der Waals surface area contributed by atoms with Crippen molar-refractivity contribution >= 4 is 5.91 Å². The van der Waals surface area contributed by atoms with E-state index in [2.05, 4.69) is 4.98 Å². The number of methoxy groups -OCH3 is 1. The predicted molar refractivity (Wildman–Crippen MR) is 61.3 cm³/mol. The molecule has 1 aromatic heterocycles. The van der Waals surface area contributed by atoms with E-state index in [0.717, 1.165) is 5.75 Å². The highest BCUT2D eigenvalue weighted by atomic mass is 16.5. The summed E-state index contributed by atoms with van der Waals surface area (Å²) in [6, 6.07) is 7.05. The molecule has 2 rings (SSSR count). The molecule has 0 amide bonds. The topological polar surface area (TPSA) is 53.4 Å². The van der Waals surface area contributed by atoms with Gasteiger partial charge in [0.15, 0.2) is 6.61 Å². The maximum Gasteiger partial charge on any atom is 0.269 e. The van der Waals surface area contributed by atoms with Crippen molar-refractivity contribution in [1.82, 2.24) is 9.55 Å². The Labute approximate surface area is 98.6 Å². The molecule has 2 aromatic rings. The quantitative estimate of drug-likeness (QED) is 0.803. The number of rotatable bonds is 4. The second-order valence-electron chi connectivity index (χ2n) is 3.33. The molecule has 0 radical (unpaired) electrons. The van der Waals surface area contributed by atoms with E-state index in [-0.39, 0.29) is 12.5 Å². The molecule has 0 bridgehead atoms. The van der Waals surface area contributed by atoms with Crippen molar-refractivity contribution in [3.05, 3.63) is 43.0 Å². The minimum atomic E-state index is -0.168. The van der Waals surface area contributed by atoms with Crippen molar-refractivity contribution < 1.29 is 14.3 Å². The Morgan fingerprint density at radius 3 is 2.59 bits per heavy atom. The summed E-state index contributed by atoms with van der Waals surface area (Å²) in [4.78, 5) is 15.4. The van der Waals surface area contributed by atoms with Crippen LogP contribution in [-0.2, 0) is 0 Å². The van der Waals surface area contributed by atoms with Gasteiger partial charge < -0.3 is 9.47 Å².